The van der Waals surface area contributed by atoms with Gasteiger partial charge in [0, 0.05) is 30.9 Å². The van der Waals surface area contributed by atoms with Crippen molar-refractivity contribution in [2.75, 3.05) is 25.4 Å². The van der Waals surface area contributed by atoms with Gasteiger partial charge in [0.05, 0.1) is 0 Å². The third-order valence-electron chi connectivity index (χ3n) is 3.26. The summed E-state index contributed by atoms with van der Waals surface area (Å²) in [5, 5.41) is 9.20. The van der Waals surface area contributed by atoms with Crippen molar-refractivity contribution in [1.82, 2.24) is 4.90 Å². The maximum absolute atomic E-state index is 12.5. The monoisotopic (exact) mass is 278 g/mol. The maximum Gasteiger partial charge on any atom is 0.253 e. The lowest BCUT2D eigenvalue weighted by atomic mass is 10.1. The fraction of sp³-hybridized carbons (Fsp3) is 0.562. The van der Waals surface area contributed by atoms with Gasteiger partial charge in [-0.05, 0) is 42.5 Å². The van der Waals surface area contributed by atoms with E-state index >= 15 is 0 Å². The summed E-state index contributed by atoms with van der Waals surface area (Å²) in [5.41, 5.74) is 6.94. The number of benzene rings is 1. The molecule has 0 spiro atoms. The molecule has 0 aromatic heterocycles. The Morgan fingerprint density at radius 1 is 1.25 bits per heavy atom. The molecule has 0 saturated carbocycles. The van der Waals surface area contributed by atoms with Gasteiger partial charge in [-0.25, -0.2) is 0 Å². The van der Waals surface area contributed by atoms with Gasteiger partial charge < -0.3 is 15.7 Å². The van der Waals surface area contributed by atoms with Gasteiger partial charge in [-0.2, -0.15) is 0 Å². The van der Waals surface area contributed by atoms with Gasteiger partial charge >= 0.3 is 0 Å². The standard InChI is InChI=1S/C16H26N2O2/c1-12(2)8-9-18(10-13(3)11-19)16(20)14-4-6-15(17)7-5-14/h4-7,12-13,19H,8-11,17H2,1-3H3. The van der Waals surface area contributed by atoms with Crippen LogP contribution in [0.25, 0.3) is 0 Å². The van der Waals surface area contributed by atoms with E-state index in [1.807, 2.05) is 11.8 Å². The Kier molecular flexibility index (Phi) is 6.52. The average molecular weight is 278 g/mol. The number of nitrogens with two attached hydrogens (primary N) is 1. The van der Waals surface area contributed by atoms with Gasteiger partial charge in [-0.3, -0.25) is 4.79 Å². The summed E-state index contributed by atoms with van der Waals surface area (Å²) in [4.78, 5) is 14.3. The van der Waals surface area contributed by atoms with Crippen LogP contribution in [0.4, 0.5) is 5.69 Å². The van der Waals surface area contributed by atoms with Crippen molar-refractivity contribution in [2.24, 2.45) is 11.8 Å². The Bertz CT molecular complexity index is 415. The largest absolute Gasteiger partial charge is 0.399 e. The van der Waals surface area contributed by atoms with Crippen molar-refractivity contribution in [3.8, 4) is 0 Å². The smallest absolute Gasteiger partial charge is 0.253 e. The van der Waals surface area contributed by atoms with Crippen LogP contribution in [0, 0.1) is 11.8 Å². The minimum Gasteiger partial charge on any atom is -0.399 e. The second kappa shape index (κ2) is 7.90. The van der Waals surface area contributed by atoms with Gasteiger partial charge in [0.1, 0.15) is 0 Å². The molecular formula is C16H26N2O2. The molecular weight excluding hydrogens is 252 g/mol. The van der Waals surface area contributed by atoms with Gasteiger partial charge in [0.25, 0.3) is 5.91 Å². The molecule has 0 heterocycles. The minimum atomic E-state index is 0.00551. The summed E-state index contributed by atoms with van der Waals surface area (Å²) in [6.07, 6.45) is 0.957. The molecule has 1 unspecified atom stereocenters. The van der Waals surface area contributed by atoms with Crippen LogP contribution in [0.15, 0.2) is 24.3 Å². The first-order chi connectivity index (χ1) is 9.43. The highest BCUT2D eigenvalue weighted by molar-refractivity contribution is 5.94. The summed E-state index contributed by atoms with van der Waals surface area (Å²) in [7, 11) is 0. The Hall–Kier alpha value is -1.55. The fourth-order valence-electron chi connectivity index (χ4n) is 1.93. The van der Waals surface area contributed by atoms with E-state index in [1.54, 1.807) is 24.3 Å². The molecule has 112 valence electrons. The van der Waals surface area contributed by atoms with E-state index in [1.165, 1.54) is 0 Å². The van der Waals surface area contributed by atoms with E-state index in [4.69, 9.17) is 5.73 Å². The number of carbonyl (C=O) groups is 1. The predicted molar refractivity (Wildman–Crippen MR) is 82.5 cm³/mol. The summed E-state index contributed by atoms with van der Waals surface area (Å²) >= 11 is 0. The molecule has 1 aromatic carbocycles. The van der Waals surface area contributed by atoms with E-state index in [-0.39, 0.29) is 18.4 Å². The molecule has 0 saturated heterocycles. The molecule has 1 amide bonds. The van der Waals surface area contributed by atoms with Crippen molar-refractivity contribution in [3.63, 3.8) is 0 Å². The molecule has 0 fully saturated rings. The average Bonchev–Trinajstić information content (AvgIpc) is 2.43. The zero-order chi connectivity index (χ0) is 15.1. The molecule has 20 heavy (non-hydrogen) atoms. The first-order valence-corrected chi connectivity index (χ1v) is 7.19. The summed E-state index contributed by atoms with van der Waals surface area (Å²) in [6.45, 7) is 7.60. The molecule has 3 N–H and O–H groups in total. The lowest BCUT2D eigenvalue weighted by Crippen LogP contribution is -2.37. The first-order valence-electron chi connectivity index (χ1n) is 7.19. The van der Waals surface area contributed by atoms with Gasteiger partial charge in [0.15, 0.2) is 0 Å². The highest BCUT2D eigenvalue weighted by Gasteiger charge is 2.18. The van der Waals surface area contributed by atoms with Crippen LogP contribution in [-0.4, -0.2) is 35.6 Å². The molecule has 1 rings (SSSR count). The number of aliphatic hydroxyl groups excluding tert-OH is 1. The van der Waals surface area contributed by atoms with Crippen LogP contribution in [0.1, 0.15) is 37.6 Å². The van der Waals surface area contributed by atoms with Crippen molar-refractivity contribution in [3.05, 3.63) is 29.8 Å². The van der Waals surface area contributed by atoms with Crippen LogP contribution in [0.5, 0.6) is 0 Å². The highest BCUT2D eigenvalue weighted by atomic mass is 16.3. The number of nitrogens with zero attached hydrogens (tertiary/aromatic N) is 1. The van der Waals surface area contributed by atoms with Gasteiger partial charge in [-0.1, -0.05) is 20.8 Å². The zero-order valence-electron chi connectivity index (χ0n) is 12.7. The van der Waals surface area contributed by atoms with Crippen LogP contribution in [0.2, 0.25) is 0 Å². The quantitative estimate of drug-likeness (QED) is 0.753. The van der Waals surface area contributed by atoms with Crippen molar-refractivity contribution in [2.45, 2.75) is 27.2 Å². The molecule has 0 radical (unpaired) electrons. The molecule has 4 nitrogen and oxygen atoms in total. The van der Waals surface area contributed by atoms with Crippen molar-refractivity contribution < 1.29 is 9.90 Å². The molecule has 1 atom stereocenters. The molecule has 0 aliphatic carbocycles. The number of hydrogen-bond donors (Lipinski definition) is 2. The van der Waals surface area contributed by atoms with Crippen LogP contribution >= 0.6 is 0 Å². The van der Waals surface area contributed by atoms with E-state index in [9.17, 15) is 9.90 Å². The number of nitrogen functional groups attached to an aromatic ring is 1. The Balaban J connectivity index is 2.79. The third-order valence-corrected chi connectivity index (χ3v) is 3.26. The maximum atomic E-state index is 12.5. The summed E-state index contributed by atoms with van der Waals surface area (Å²) in [5.74, 6) is 0.631. The third kappa shape index (κ3) is 5.21. The SMILES string of the molecule is CC(C)CCN(CC(C)CO)C(=O)c1ccc(N)cc1. The summed E-state index contributed by atoms with van der Waals surface area (Å²) < 4.78 is 0. The normalized spacial score (nSPS) is 12.4. The zero-order valence-corrected chi connectivity index (χ0v) is 12.7. The van der Waals surface area contributed by atoms with E-state index in [0.29, 0.717) is 30.3 Å². The molecule has 4 heteroatoms. The Labute approximate surface area is 121 Å². The molecule has 0 aliphatic heterocycles. The van der Waals surface area contributed by atoms with Crippen LogP contribution in [0.3, 0.4) is 0 Å². The number of amides is 1. The number of carbonyl (C=O) groups excluding carboxylic acids is 1. The van der Waals surface area contributed by atoms with Gasteiger partial charge in [-0.15, -0.1) is 0 Å². The van der Waals surface area contributed by atoms with E-state index in [2.05, 4.69) is 13.8 Å². The van der Waals surface area contributed by atoms with Crippen LogP contribution < -0.4 is 5.73 Å². The fourth-order valence-corrected chi connectivity index (χ4v) is 1.93. The number of aliphatic hydroxyl groups is 1. The number of rotatable bonds is 7. The van der Waals surface area contributed by atoms with E-state index < -0.39 is 0 Å². The predicted octanol–water partition coefficient (Wildman–Crippen LogP) is 2.39. The lowest BCUT2D eigenvalue weighted by Gasteiger charge is -2.26. The lowest BCUT2D eigenvalue weighted by molar-refractivity contribution is 0.0701. The Morgan fingerprint density at radius 2 is 1.85 bits per heavy atom. The molecule has 1 aromatic rings. The number of anilines is 1. The first kappa shape index (κ1) is 16.5. The Morgan fingerprint density at radius 3 is 2.35 bits per heavy atom. The molecule has 0 bridgehead atoms. The highest BCUT2D eigenvalue weighted by Crippen LogP contribution is 2.12. The minimum absolute atomic E-state index is 0.00551. The van der Waals surface area contributed by atoms with Crippen molar-refractivity contribution in [1.29, 1.82) is 0 Å². The topological polar surface area (TPSA) is 66.6 Å². The second-order valence-corrected chi connectivity index (χ2v) is 5.84. The summed E-state index contributed by atoms with van der Waals surface area (Å²) in [6, 6.07) is 6.99. The molecule has 0 aliphatic rings. The van der Waals surface area contributed by atoms with Gasteiger partial charge in [0.2, 0.25) is 0 Å². The van der Waals surface area contributed by atoms with E-state index in [0.717, 1.165) is 6.42 Å². The number of hydrogen-bond acceptors (Lipinski definition) is 3. The second-order valence-electron chi connectivity index (χ2n) is 5.84. The van der Waals surface area contributed by atoms with Crippen LogP contribution in [-0.2, 0) is 0 Å². The van der Waals surface area contributed by atoms with Crippen molar-refractivity contribution >= 4 is 11.6 Å².